The molecule has 0 bridgehead atoms. The van der Waals surface area contributed by atoms with Gasteiger partial charge in [-0.3, -0.25) is 9.59 Å². The van der Waals surface area contributed by atoms with E-state index in [0.717, 1.165) is 0 Å². The summed E-state index contributed by atoms with van der Waals surface area (Å²) in [6.45, 7) is 0. The fraction of sp³-hybridized carbons (Fsp3) is 0.167. The van der Waals surface area contributed by atoms with Crippen LogP contribution in [0.5, 0.6) is 0 Å². The average Bonchev–Trinajstić information content (AvgIpc) is 2.83. The topological polar surface area (TPSA) is 108 Å². The number of nitrogens with zero attached hydrogens (tertiary/aromatic N) is 1. The maximum atomic E-state index is 11.8. The van der Waals surface area contributed by atoms with Gasteiger partial charge >= 0.3 is 5.97 Å². The first-order valence-corrected chi connectivity index (χ1v) is 5.52. The highest BCUT2D eigenvalue weighted by Crippen LogP contribution is 2.13. The van der Waals surface area contributed by atoms with Gasteiger partial charge in [-0.1, -0.05) is 30.3 Å². The molecule has 1 aliphatic heterocycles. The van der Waals surface area contributed by atoms with Crippen molar-refractivity contribution in [1.82, 2.24) is 10.7 Å². The van der Waals surface area contributed by atoms with Crippen LogP contribution in [0.3, 0.4) is 0 Å². The van der Waals surface area contributed by atoms with E-state index < -0.39 is 23.8 Å². The number of carbonyl (C=O) groups excluding carboxylic acids is 2. The molecule has 0 fully saturated rings. The molecule has 1 atom stereocenters. The van der Waals surface area contributed by atoms with Gasteiger partial charge in [-0.05, 0) is 5.56 Å². The number of amides is 2. The van der Waals surface area contributed by atoms with Crippen molar-refractivity contribution in [2.75, 3.05) is 0 Å². The second-order valence-electron chi connectivity index (χ2n) is 3.93. The van der Waals surface area contributed by atoms with Crippen LogP contribution in [0.15, 0.2) is 35.4 Å². The lowest BCUT2D eigenvalue weighted by Gasteiger charge is -2.14. The molecular weight excluding hydrogens is 250 g/mol. The zero-order valence-corrected chi connectivity index (χ0v) is 9.79. The van der Waals surface area contributed by atoms with Crippen molar-refractivity contribution in [3.8, 4) is 0 Å². The highest BCUT2D eigenvalue weighted by atomic mass is 16.4. The van der Waals surface area contributed by atoms with E-state index in [1.165, 1.54) is 0 Å². The fourth-order valence-corrected chi connectivity index (χ4v) is 1.64. The Morgan fingerprint density at radius 1 is 1.32 bits per heavy atom. The van der Waals surface area contributed by atoms with E-state index in [1.807, 2.05) is 0 Å². The Bertz CT molecular complexity index is 553. The molecule has 0 saturated heterocycles. The average molecular weight is 261 g/mol. The number of carboxylic acids is 1. The SMILES string of the molecule is O=C1CC(C(=O)NC(C(=O)O)c2ccccc2)=NN1. The summed E-state index contributed by atoms with van der Waals surface area (Å²) in [5.41, 5.74) is 2.56. The van der Waals surface area contributed by atoms with Crippen molar-refractivity contribution in [1.29, 1.82) is 0 Å². The monoisotopic (exact) mass is 261 g/mol. The first kappa shape index (κ1) is 12.7. The van der Waals surface area contributed by atoms with Crippen LogP contribution in [0.4, 0.5) is 0 Å². The van der Waals surface area contributed by atoms with Gasteiger partial charge in [0.1, 0.15) is 5.71 Å². The Morgan fingerprint density at radius 3 is 2.53 bits per heavy atom. The number of carboxylic acid groups (broad SMARTS) is 1. The summed E-state index contributed by atoms with van der Waals surface area (Å²) in [7, 11) is 0. The number of nitrogens with one attached hydrogen (secondary N) is 2. The molecule has 0 spiro atoms. The molecule has 98 valence electrons. The molecule has 1 aromatic rings. The van der Waals surface area contributed by atoms with Crippen molar-refractivity contribution >= 4 is 23.5 Å². The highest BCUT2D eigenvalue weighted by molar-refractivity contribution is 6.43. The summed E-state index contributed by atoms with van der Waals surface area (Å²) in [5.74, 6) is -2.25. The van der Waals surface area contributed by atoms with Crippen LogP contribution in [0.2, 0.25) is 0 Å². The van der Waals surface area contributed by atoms with Gasteiger partial charge in [0, 0.05) is 0 Å². The molecule has 0 radical (unpaired) electrons. The van der Waals surface area contributed by atoms with Gasteiger partial charge in [0.2, 0.25) is 5.91 Å². The molecule has 0 aromatic heterocycles. The van der Waals surface area contributed by atoms with E-state index in [9.17, 15) is 14.4 Å². The smallest absolute Gasteiger partial charge is 0.330 e. The van der Waals surface area contributed by atoms with Crippen LogP contribution >= 0.6 is 0 Å². The van der Waals surface area contributed by atoms with Gasteiger partial charge in [0.05, 0.1) is 6.42 Å². The van der Waals surface area contributed by atoms with E-state index >= 15 is 0 Å². The van der Waals surface area contributed by atoms with Gasteiger partial charge in [-0.25, -0.2) is 10.2 Å². The van der Waals surface area contributed by atoms with Crippen LogP contribution in [0.25, 0.3) is 0 Å². The molecule has 2 amide bonds. The molecule has 1 heterocycles. The van der Waals surface area contributed by atoms with Crippen molar-refractivity contribution in [3.63, 3.8) is 0 Å². The van der Waals surface area contributed by atoms with Gasteiger partial charge in [-0.15, -0.1) is 0 Å². The van der Waals surface area contributed by atoms with E-state index in [0.29, 0.717) is 5.56 Å². The molecule has 7 nitrogen and oxygen atoms in total. The van der Waals surface area contributed by atoms with Crippen molar-refractivity contribution in [2.24, 2.45) is 5.10 Å². The Morgan fingerprint density at radius 2 is 2.00 bits per heavy atom. The number of hydrazone groups is 1. The first-order chi connectivity index (χ1) is 9.08. The minimum absolute atomic E-state index is 0.0211. The molecular formula is C12H11N3O4. The predicted molar refractivity (Wildman–Crippen MR) is 65.2 cm³/mol. The normalized spacial score (nSPS) is 15.4. The third-order valence-electron chi connectivity index (χ3n) is 2.56. The minimum atomic E-state index is -1.18. The summed E-state index contributed by atoms with van der Waals surface area (Å²) in [5, 5.41) is 15.0. The quantitative estimate of drug-likeness (QED) is 0.697. The minimum Gasteiger partial charge on any atom is -0.479 e. The van der Waals surface area contributed by atoms with Crippen LogP contribution in [-0.2, 0) is 14.4 Å². The van der Waals surface area contributed by atoms with E-state index in [1.54, 1.807) is 30.3 Å². The van der Waals surface area contributed by atoms with Crippen LogP contribution < -0.4 is 10.7 Å². The number of rotatable bonds is 4. The van der Waals surface area contributed by atoms with Gasteiger partial charge in [-0.2, -0.15) is 5.10 Å². The molecule has 1 aliphatic rings. The molecule has 0 saturated carbocycles. The van der Waals surface area contributed by atoms with Crippen LogP contribution in [-0.4, -0.2) is 28.6 Å². The van der Waals surface area contributed by atoms with Crippen molar-refractivity contribution in [2.45, 2.75) is 12.5 Å². The number of carbonyl (C=O) groups is 3. The number of hydrogen-bond donors (Lipinski definition) is 3. The number of hydrogen-bond acceptors (Lipinski definition) is 4. The lowest BCUT2D eigenvalue weighted by molar-refractivity contribution is -0.141. The largest absolute Gasteiger partial charge is 0.479 e. The van der Waals surface area contributed by atoms with E-state index in [4.69, 9.17) is 5.11 Å². The van der Waals surface area contributed by atoms with Gasteiger partial charge < -0.3 is 10.4 Å². The second kappa shape index (κ2) is 5.30. The summed E-state index contributed by atoms with van der Waals surface area (Å²) < 4.78 is 0. The third-order valence-corrected chi connectivity index (χ3v) is 2.56. The summed E-state index contributed by atoms with van der Waals surface area (Å²) in [6, 6.07) is 7.11. The second-order valence-corrected chi connectivity index (χ2v) is 3.93. The molecule has 19 heavy (non-hydrogen) atoms. The first-order valence-electron chi connectivity index (χ1n) is 5.52. The predicted octanol–water partition coefficient (Wildman–Crippen LogP) is -0.196. The summed E-state index contributed by atoms with van der Waals surface area (Å²) in [4.78, 5) is 33.9. The maximum absolute atomic E-state index is 11.8. The number of benzene rings is 1. The lowest BCUT2D eigenvalue weighted by atomic mass is 10.1. The van der Waals surface area contributed by atoms with Gasteiger partial charge in [0.15, 0.2) is 6.04 Å². The van der Waals surface area contributed by atoms with E-state index in [2.05, 4.69) is 15.8 Å². The summed E-state index contributed by atoms with van der Waals surface area (Å²) in [6.07, 6.45) is -0.146. The molecule has 1 unspecified atom stereocenters. The Balaban J connectivity index is 2.12. The number of aliphatic carboxylic acids is 1. The standard InChI is InChI=1S/C12H11N3O4/c16-9-6-8(14-15-9)11(17)13-10(12(18)19)7-4-2-1-3-5-7/h1-5,10H,6H2,(H,13,17)(H,15,16)(H,18,19). The maximum Gasteiger partial charge on any atom is 0.330 e. The van der Waals surface area contributed by atoms with Crippen molar-refractivity contribution < 1.29 is 19.5 Å². The van der Waals surface area contributed by atoms with Crippen LogP contribution in [0, 0.1) is 0 Å². The Hall–Kier alpha value is -2.70. The molecule has 0 aliphatic carbocycles. The van der Waals surface area contributed by atoms with E-state index in [-0.39, 0.29) is 12.1 Å². The highest BCUT2D eigenvalue weighted by Gasteiger charge is 2.27. The molecule has 1 aromatic carbocycles. The molecule has 7 heteroatoms. The fourth-order valence-electron chi connectivity index (χ4n) is 1.64. The Labute approximate surface area is 108 Å². The van der Waals surface area contributed by atoms with Gasteiger partial charge in [0.25, 0.3) is 5.91 Å². The third kappa shape index (κ3) is 2.95. The zero-order valence-electron chi connectivity index (χ0n) is 9.79. The Kier molecular flexibility index (Phi) is 3.56. The molecule has 2 rings (SSSR count). The summed E-state index contributed by atoms with van der Waals surface area (Å²) >= 11 is 0. The van der Waals surface area contributed by atoms with Crippen molar-refractivity contribution in [3.05, 3.63) is 35.9 Å². The van der Waals surface area contributed by atoms with Crippen LogP contribution in [0.1, 0.15) is 18.0 Å². The molecule has 3 N–H and O–H groups in total. The zero-order chi connectivity index (χ0) is 13.8. The lowest BCUT2D eigenvalue weighted by Crippen LogP contribution is -2.37.